The number of aromatic hydroxyl groups is 1. The molecule has 0 amide bonds. The van der Waals surface area contributed by atoms with Gasteiger partial charge in [-0.1, -0.05) is 18.2 Å². The maximum absolute atomic E-state index is 12.8. The SMILES string of the molecule is CC1=CC2CC3(CC1=O)CC1(Cc4ccc(C)c(O)c43)CN(C)C21. The summed E-state index contributed by atoms with van der Waals surface area (Å²) in [6.07, 6.45) is 5.91. The predicted molar refractivity (Wildman–Crippen MR) is 93.2 cm³/mol. The molecule has 3 nitrogen and oxygen atoms in total. The standard InChI is InChI=1S/C21H25NO2/c1-12-4-5-14-7-21-10-20(17(14)18(12)24)8-15(19(21)22(3)11-21)6-13(2)16(23)9-20/h4-6,15,19,24H,7-11H2,1-3H3. The molecule has 1 aliphatic heterocycles. The molecule has 24 heavy (non-hydrogen) atoms. The van der Waals surface area contributed by atoms with E-state index in [2.05, 4.69) is 24.1 Å². The Balaban J connectivity index is 1.78. The zero-order chi connectivity index (χ0) is 16.9. The van der Waals surface area contributed by atoms with E-state index in [-0.39, 0.29) is 16.6 Å². The Kier molecular flexibility index (Phi) is 2.65. The average Bonchev–Trinajstić information content (AvgIpc) is 2.58. The van der Waals surface area contributed by atoms with E-state index in [0.29, 0.717) is 24.1 Å². The number of Topliss-reactive ketones (excluding diaryl/α,β-unsaturated/α-hetero) is 1. The smallest absolute Gasteiger partial charge is 0.159 e. The number of nitrogens with zero attached hydrogens (tertiary/aromatic N) is 1. The summed E-state index contributed by atoms with van der Waals surface area (Å²) < 4.78 is 0. The van der Waals surface area contributed by atoms with Crippen LogP contribution in [0.3, 0.4) is 0 Å². The third-order valence-corrected chi connectivity index (χ3v) is 7.33. The molecule has 2 spiro atoms. The van der Waals surface area contributed by atoms with Crippen molar-refractivity contribution in [1.29, 1.82) is 0 Å². The van der Waals surface area contributed by atoms with Crippen LogP contribution in [0.5, 0.6) is 5.75 Å². The molecule has 1 saturated carbocycles. The summed E-state index contributed by atoms with van der Waals surface area (Å²) in [5, 5.41) is 10.9. The first-order chi connectivity index (χ1) is 11.4. The number of rotatable bonds is 0. The number of allylic oxidation sites excluding steroid dienone is 1. The van der Waals surface area contributed by atoms with Crippen molar-refractivity contribution in [3.05, 3.63) is 40.5 Å². The molecule has 1 aromatic carbocycles. The molecule has 1 saturated heterocycles. The molecule has 0 radical (unpaired) electrons. The lowest BCUT2D eigenvalue weighted by Gasteiger charge is -2.68. The van der Waals surface area contributed by atoms with E-state index >= 15 is 0 Å². The second-order valence-electron chi connectivity index (χ2n) is 8.94. The van der Waals surface area contributed by atoms with Gasteiger partial charge in [0, 0.05) is 35.4 Å². The Morgan fingerprint density at radius 2 is 2.04 bits per heavy atom. The number of carbonyl (C=O) groups is 1. The zero-order valence-corrected chi connectivity index (χ0v) is 14.7. The number of benzene rings is 1. The average molecular weight is 323 g/mol. The molecule has 3 bridgehead atoms. The Hall–Kier alpha value is -1.61. The Morgan fingerprint density at radius 1 is 1.25 bits per heavy atom. The first-order valence-corrected chi connectivity index (χ1v) is 9.09. The Labute approximate surface area is 143 Å². The van der Waals surface area contributed by atoms with Gasteiger partial charge in [0.1, 0.15) is 5.75 Å². The van der Waals surface area contributed by atoms with Crippen LogP contribution in [-0.4, -0.2) is 35.4 Å². The van der Waals surface area contributed by atoms with Gasteiger partial charge in [-0.2, -0.15) is 0 Å². The molecule has 4 atom stereocenters. The normalized spacial score (nSPS) is 40.1. The third kappa shape index (κ3) is 1.59. The van der Waals surface area contributed by atoms with Gasteiger partial charge in [0.15, 0.2) is 5.78 Å². The van der Waals surface area contributed by atoms with Crippen LogP contribution in [0.4, 0.5) is 0 Å². The van der Waals surface area contributed by atoms with E-state index in [1.807, 2.05) is 19.9 Å². The van der Waals surface area contributed by atoms with E-state index in [1.165, 1.54) is 5.56 Å². The van der Waals surface area contributed by atoms with Crippen molar-refractivity contribution in [2.24, 2.45) is 11.3 Å². The lowest BCUT2D eigenvalue weighted by Crippen LogP contribution is -2.72. The number of ketones is 1. The van der Waals surface area contributed by atoms with Crippen LogP contribution in [0.15, 0.2) is 23.8 Å². The summed E-state index contributed by atoms with van der Waals surface area (Å²) in [5.74, 6) is 1.14. The maximum Gasteiger partial charge on any atom is 0.159 e. The number of hydrogen-bond donors (Lipinski definition) is 1. The highest BCUT2D eigenvalue weighted by Gasteiger charge is 2.65. The molecule has 2 fully saturated rings. The van der Waals surface area contributed by atoms with Crippen LogP contribution in [0.1, 0.15) is 42.9 Å². The minimum Gasteiger partial charge on any atom is -0.507 e. The molecule has 5 rings (SSSR count). The van der Waals surface area contributed by atoms with Gasteiger partial charge in [-0.3, -0.25) is 4.79 Å². The minimum absolute atomic E-state index is 0.169. The largest absolute Gasteiger partial charge is 0.507 e. The van der Waals surface area contributed by atoms with Crippen molar-refractivity contribution in [3.8, 4) is 5.75 Å². The van der Waals surface area contributed by atoms with Crippen molar-refractivity contribution in [1.82, 2.24) is 4.90 Å². The first kappa shape index (κ1) is 14.7. The molecule has 126 valence electrons. The van der Waals surface area contributed by atoms with E-state index in [9.17, 15) is 9.90 Å². The van der Waals surface area contributed by atoms with Gasteiger partial charge in [0.05, 0.1) is 0 Å². The van der Waals surface area contributed by atoms with E-state index in [4.69, 9.17) is 0 Å². The fourth-order valence-corrected chi connectivity index (χ4v) is 6.80. The topological polar surface area (TPSA) is 40.5 Å². The Bertz CT molecular complexity index is 810. The molecule has 1 aromatic rings. The Morgan fingerprint density at radius 3 is 2.79 bits per heavy atom. The van der Waals surface area contributed by atoms with Gasteiger partial charge in [0.25, 0.3) is 0 Å². The lowest BCUT2D eigenvalue weighted by atomic mass is 9.45. The van der Waals surface area contributed by atoms with Crippen LogP contribution in [0.25, 0.3) is 0 Å². The van der Waals surface area contributed by atoms with Crippen molar-refractivity contribution in [3.63, 3.8) is 0 Å². The van der Waals surface area contributed by atoms with Crippen molar-refractivity contribution >= 4 is 5.78 Å². The number of likely N-dealkylation sites (tertiary alicyclic amines) is 1. The summed E-state index contributed by atoms with van der Waals surface area (Å²) in [7, 11) is 2.22. The lowest BCUT2D eigenvalue weighted by molar-refractivity contribution is -0.140. The van der Waals surface area contributed by atoms with Gasteiger partial charge in [-0.15, -0.1) is 0 Å². The number of fused-ring (bicyclic) bond motifs is 3. The highest BCUT2D eigenvalue weighted by Crippen LogP contribution is 2.65. The number of phenolic OH excluding ortho intramolecular Hbond substituents is 1. The van der Waals surface area contributed by atoms with Gasteiger partial charge >= 0.3 is 0 Å². The zero-order valence-electron chi connectivity index (χ0n) is 14.7. The van der Waals surface area contributed by atoms with Crippen molar-refractivity contribution in [2.75, 3.05) is 13.6 Å². The maximum atomic E-state index is 12.8. The summed E-state index contributed by atoms with van der Waals surface area (Å²) in [6, 6.07) is 4.79. The predicted octanol–water partition coefficient (Wildman–Crippen LogP) is 3.12. The molecule has 4 aliphatic rings. The monoisotopic (exact) mass is 323 g/mol. The van der Waals surface area contributed by atoms with Crippen LogP contribution >= 0.6 is 0 Å². The fraction of sp³-hybridized carbons (Fsp3) is 0.571. The van der Waals surface area contributed by atoms with E-state index < -0.39 is 0 Å². The van der Waals surface area contributed by atoms with Crippen molar-refractivity contribution in [2.45, 2.75) is 51.0 Å². The van der Waals surface area contributed by atoms with Crippen molar-refractivity contribution < 1.29 is 9.90 Å². The van der Waals surface area contributed by atoms with E-state index in [0.717, 1.165) is 42.5 Å². The molecule has 3 heteroatoms. The van der Waals surface area contributed by atoms with Crippen LogP contribution in [0, 0.1) is 18.3 Å². The second-order valence-corrected chi connectivity index (χ2v) is 8.94. The number of carbonyl (C=O) groups excluding carboxylic acids is 1. The van der Waals surface area contributed by atoms with E-state index in [1.54, 1.807) is 0 Å². The minimum atomic E-state index is -0.169. The fourth-order valence-electron chi connectivity index (χ4n) is 6.80. The highest BCUT2D eigenvalue weighted by atomic mass is 16.3. The molecular formula is C21H25NO2. The number of aryl methyl sites for hydroxylation is 1. The molecule has 4 unspecified atom stereocenters. The third-order valence-electron chi connectivity index (χ3n) is 7.33. The summed E-state index contributed by atoms with van der Waals surface area (Å²) in [5.41, 5.74) is 4.36. The van der Waals surface area contributed by atoms with Gasteiger partial charge in [-0.05, 0) is 62.8 Å². The summed E-state index contributed by atoms with van der Waals surface area (Å²) in [4.78, 5) is 15.3. The quantitative estimate of drug-likeness (QED) is 0.797. The van der Waals surface area contributed by atoms with Gasteiger partial charge in [0.2, 0.25) is 0 Å². The molecule has 0 aromatic heterocycles. The van der Waals surface area contributed by atoms with Crippen LogP contribution in [0.2, 0.25) is 0 Å². The van der Waals surface area contributed by atoms with Crippen LogP contribution < -0.4 is 0 Å². The molecule has 1 N–H and O–H groups in total. The van der Waals surface area contributed by atoms with Crippen LogP contribution in [-0.2, 0) is 16.6 Å². The van der Waals surface area contributed by atoms with Gasteiger partial charge in [-0.25, -0.2) is 0 Å². The molecule has 1 heterocycles. The number of phenols is 1. The van der Waals surface area contributed by atoms with Gasteiger partial charge < -0.3 is 10.0 Å². The number of hydrogen-bond acceptors (Lipinski definition) is 3. The molecule has 3 aliphatic carbocycles. The summed E-state index contributed by atoms with van der Waals surface area (Å²) >= 11 is 0. The second kappa shape index (κ2) is 4.32. The first-order valence-electron chi connectivity index (χ1n) is 9.09. The highest BCUT2D eigenvalue weighted by molar-refractivity contribution is 5.96. The summed E-state index contributed by atoms with van der Waals surface area (Å²) in [6.45, 7) is 5.07. The molecular weight excluding hydrogens is 298 g/mol.